The van der Waals surface area contributed by atoms with Crippen molar-refractivity contribution in [2.24, 2.45) is 11.5 Å². The molecule has 2 heterocycles. The predicted molar refractivity (Wildman–Crippen MR) is 143 cm³/mol. The predicted octanol–water partition coefficient (Wildman–Crippen LogP) is -0.204. The van der Waals surface area contributed by atoms with Gasteiger partial charge in [-0.25, -0.2) is 4.79 Å². The Morgan fingerprint density at radius 2 is 1.67 bits per heavy atom. The van der Waals surface area contributed by atoms with Gasteiger partial charge in [-0.2, -0.15) is 13.2 Å². The minimum Gasteiger partial charge on any atom is -0.433 e. The van der Waals surface area contributed by atoms with Gasteiger partial charge in [-0.3, -0.25) is 19.2 Å². The van der Waals surface area contributed by atoms with Crippen molar-refractivity contribution in [1.29, 1.82) is 0 Å². The first-order valence-electron chi connectivity index (χ1n) is 13.7. The summed E-state index contributed by atoms with van der Waals surface area (Å²) in [5, 5.41) is 22.5. The van der Waals surface area contributed by atoms with Crippen LogP contribution in [0.4, 0.5) is 18.0 Å². The van der Waals surface area contributed by atoms with Crippen LogP contribution in [-0.2, 0) is 36.5 Å². The number of carbonyl (C=O) groups excluding carboxylic acids is 5. The van der Waals surface area contributed by atoms with Crippen molar-refractivity contribution in [3.63, 3.8) is 0 Å². The van der Waals surface area contributed by atoms with Crippen LogP contribution in [0, 0.1) is 0 Å². The fourth-order valence-electron chi connectivity index (χ4n) is 5.67. The average molecular weight is 616 g/mol. The van der Waals surface area contributed by atoms with E-state index in [1.54, 1.807) is 0 Å². The van der Waals surface area contributed by atoms with E-state index >= 15 is 0 Å². The SMILES string of the molecule is CC(O)C(NC(=O)C1(Cc2ccc(C(F)(F)F)cc2)CCCN1C(=O)[C@@H]1CCCN1C(=O)C(OC(N)=O)C(C)O)C(N)=O. The molecule has 2 saturated heterocycles. The van der Waals surface area contributed by atoms with Crippen LogP contribution in [0.2, 0.25) is 0 Å². The molecule has 6 atom stereocenters. The molecule has 1 aromatic carbocycles. The van der Waals surface area contributed by atoms with Gasteiger partial charge in [0.05, 0.1) is 17.8 Å². The summed E-state index contributed by atoms with van der Waals surface area (Å²) < 4.78 is 44.3. The molecule has 0 bridgehead atoms. The zero-order valence-corrected chi connectivity index (χ0v) is 23.7. The van der Waals surface area contributed by atoms with E-state index in [4.69, 9.17) is 16.2 Å². The maximum atomic E-state index is 14.1. The molecule has 0 spiro atoms. The molecule has 0 radical (unpaired) electrons. The molecule has 5 amide bonds. The third kappa shape index (κ3) is 7.36. The third-order valence-corrected chi connectivity index (χ3v) is 7.78. The first kappa shape index (κ1) is 33.6. The first-order valence-corrected chi connectivity index (χ1v) is 13.7. The molecule has 7 N–H and O–H groups in total. The second-order valence-corrected chi connectivity index (χ2v) is 10.9. The zero-order valence-electron chi connectivity index (χ0n) is 23.7. The third-order valence-electron chi connectivity index (χ3n) is 7.78. The van der Waals surface area contributed by atoms with Crippen LogP contribution >= 0.6 is 0 Å². The van der Waals surface area contributed by atoms with Gasteiger partial charge >= 0.3 is 12.3 Å². The Hall–Kier alpha value is -3.92. The summed E-state index contributed by atoms with van der Waals surface area (Å²) in [6.07, 6.45) is -9.86. The Bertz CT molecular complexity index is 1230. The number of hydrogen-bond acceptors (Lipinski definition) is 8. The van der Waals surface area contributed by atoms with Crippen molar-refractivity contribution in [2.75, 3.05) is 13.1 Å². The Labute approximate surface area is 245 Å². The highest BCUT2D eigenvalue weighted by Crippen LogP contribution is 2.37. The van der Waals surface area contributed by atoms with E-state index in [9.17, 15) is 47.4 Å². The van der Waals surface area contributed by atoms with Gasteiger partial charge in [0.2, 0.25) is 23.8 Å². The summed E-state index contributed by atoms with van der Waals surface area (Å²) in [7, 11) is 0. The lowest BCUT2D eigenvalue weighted by Gasteiger charge is -2.41. The molecular weight excluding hydrogens is 579 g/mol. The molecule has 0 aromatic heterocycles. The highest BCUT2D eigenvalue weighted by Gasteiger charge is 2.53. The number of nitrogens with two attached hydrogens (primary N) is 2. The molecule has 238 valence electrons. The van der Waals surface area contributed by atoms with Crippen molar-refractivity contribution >= 4 is 29.7 Å². The average Bonchev–Trinajstić information content (AvgIpc) is 3.57. The van der Waals surface area contributed by atoms with Crippen LogP contribution in [0.15, 0.2) is 24.3 Å². The molecule has 13 nitrogen and oxygen atoms in total. The van der Waals surface area contributed by atoms with Gasteiger partial charge in [0, 0.05) is 19.5 Å². The first-order chi connectivity index (χ1) is 20.0. The topological polar surface area (TPSA) is 206 Å². The number of amides is 5. The summed E-state index contributed by atoms with van der Waals surface area (Å²) in [5.74, 6) is -3.45. The van der Waals surface area contributed by atoms with Gasteiger partial charge in [-0.05, 0) is 57.2 Å². The van der Waals surface area contributed by atoms with E-state index in [0.717, 1.165) is 17.0 Å². The van der Waals surface area contributed by atoms with Gasteiger partial charge in [0.1, 0.15) is 17.6 Å². The Morgan fingerprint density at radius 1 is 1.05 bits per heavy atom. The highest BCUT2D eigenvalue weighted by atomic mass is 19.4. The lowest BCUT2D eigenvalue weighted by Crippen LogP contribution is -2.65. The van der Waals surface area contributed by atoms with Gasteiger partial charge in [-0.1, -0.05) is 12.1 Å². The van der Waals surface area contributed by atoms with Crippen molar-refractivity contribution in [3.8, 4) is 0 Å². The number of benzene rings is 1. The minimum absolute atomic E-state index is 0.0267. The second kappa shape index (κ2) is 13.2. The van der Waals surface area contributed by atoms with E-state index in [0.29, 0.717) is 6.42 Å². The van der Waals surface area contributed by atoms with Crippen LogP contribution < -0.4 is 16.8 Å². The highest BCUT2D eigenvalue weighted by molar-refractivity contribution is 5.98. The summed E-state index contributed by atoms with van der Waals surface area (Å²) in [5.41, 5.74) is 8.03. The van der Waals surface area contributed by atoms with Gasteiger partial charge in [0.25, 0.3) is 5.91 Å². The van der Waals surface area contributed by atoms with Crippen LogP contribution in [0.3, 0.4) is 0 Å². The summed E-state index contributed by atoms with van der Waals surface area (Å²) in [6, 6.07) is 1.38. The standard InChI is InChI=1S/C27H36F3N5O8/c1-14(36)19(21(31)38)33-24(41)26(13-16-6-8-17(9-7-16)27(28,29)30)10-4-12-35(26)22(39)18-5-3-11-34(18)23(40)20(15(2)37)43-25(32)42/h6-9,14-15,18-20,36-37H,3-5,10-13H2,1-2H3,(H2,31,38)(H2,32,42)(H,33,41)/t14?,15?,18-,19?,20?,26?/m0/s1. The molecule has 3 rings (SSSR count). The molecule has 0 saturated carbocycles. The van der Waals surface area contributed by atoms with Crippen LogP contribution in [0.1, 0.15) is 50.7 Å². The number of ether oxygens (including phenoxy) is 1. The molecule has 2 fully saturated rings. The van der Waals surface area contributed by atoms with E-state index in [-0.39, 0.29) is 44.3 Å². The number of nitrogens with zero attached hydrogens (tertiary/aromatic N) is 2. The Kier molecular flexibility index (Phi) is 10.3. The summed E-state index contributed by atoms with van der Waals surface area (Å²) in [4.78, 5) is 66.9. The number of aliphatic hydroxyl groups excluding tert-OH is 2. The quantitative estimate of drug-likeness (QED) is 0.238. The summed E-state index contributed by atoms with van der Waals surface area (Å²) in [6.45, 7) is 2.53. The Morgan fingerprint density at radius 3 is 2.19 bits per heavy atom. The number of rotatable bonds is 10. The lowest BCUT2D eigenvalue weighted by molar-refractivity contribution is -0.156. The second-order valence-electron chi connectivity index (χ2n) is 10.9. The maximum Gasteiger partial charge on any atom is 0.416 e. The number of aliphatic hydroxyl groups is 2. The fraction of sp³-hybridized carbons (Fsp3) is 0.593. The molecular formula is C27H36F3N5O8. The van der Waals surface area contributed by atoms with E-state index in [1.165, 1.54) is 30.9 Å². The Balaban J connectivity index is 2.00. The van der Waals surface area contributed by atoms with Crippen LogP contribution in [-0.4, -0.2) is 98.8 Å². The van der Waals surface area contributed by atoms with Crippen molar-refractivity contribution in [2.45, 2.75) is 88.1 Å². The lowest BCUT2D eigenvalue weighted by atomic mass is 9.85. The summed E-state index contributed by atoms with van der Waals surface area (Å²) >= 11 is 0. The number of alkyl halides is 3. The molecule has 43 heavy (non-hydrogen) atoms. The molecule has 5 unspecified atom stereocenters. The van der Waals surface area contributed by atoms with Gasteiger partial charge in [0.15, 0.2) is 0 Å². The van der Waals surface area contributed by atoms with E-state index in [2.05, 4.69) is 5.32 Å². The number of carbonyl (C=O) groups is 5. The number of primary amides is 2. The molecule has 2 aliphatic rings. The van der Waals surface area contributed by atoms with Crippen LogP contribution in [0.5, 0.6) is 0 Å². The van der Waals surface area contributed by atoms with Crippen molar-refractivity contribution in [3.05, 3.63) is 35.4 Å². The van der Waals surface area contributed by atoms with Crippen molar-refractivity contribution < 1.29 is 52.1 Å². The minimum atomic E-state index is -4.60. The normalized spacial score (nSPS) is 23.3. The number of hydrogen-bond donors (Lipinski definition) is 5. The van der Waals surface area contributed by atoms with E-state index < -0.39 is 77.4 Å². The number of likely N-dealkylation sites (tertiary alicyclic amines) is 2. The fourth-order valence-corrected chi connectivity index (χ4v) is 5.67. The maximum absolute atomic E-state index is 14.1. The number of nitrogens with one attached hydrogen (secondary N) is 1. The zero-order chi connectivity index (χ0) is 32.3. The van der Waals surface area contributed by atoms with Gasteiger partial charge < -0.3 is 41.5 Å². The van der Waals surface area contributed by atoms with Gasteiger partial charge in [-0.15, -0.1) is 0 Å². The molecule has 2 aliphatic heterocycles. The number of halogens is 3. The van der Waals surface area contributed by atoms with Crippen LogP contribution in [0.25, 0.3) is 0 Å². The largest absolute Gasteiger partial charge is 0.433 e. The smallest absolute Gasteiger partial charge is 0.416 e. The monoisotopic (exact) mass is 615 g/mol. The molecule has 1 aromatic rings. The van der Waals surface area contributed by atoms with Crippen molar-refractivity contribution in [1.82, 2.24) is 15.1 Å². The molecule has 16 heteroatoms. The molecule has 0 aliphatic carbocycles. The van der Waals surface area contributed by atoms with E-state index in [1.807, 2.05) is 0 Å².